The summed E-state index contributed by atoms with van der Waals surface area (Å²) in [5.74, 6) is 0.0618. The van der Waals surface area contributed by atoms with Gasteiger partial charge in [-0.25, -0.2) is 4.79 Å². The Hall–Kier alpha value is -0.870. The summed E-state index contributed by atoms with van der Waals surface area (Å²) in [6, 6.07) is 0. The minimum atomic E-state index is -0.589. The van der Waals surface area contributed by atoms with Crippen molar-refractivity contribution in [1.82, 2.24) is 0 Å². The van der Waals surface area contributed by atoms with Crippen LogP contribution >= 0.6 is 0 Å². The molecule has 0 aromatic heterocycles. The average molecular weight is 264 g/mol. The second kappa shape index (κ2) is 3.07. The number of ether oxygens (including phenoxy) is 2. The Labute approximate surface area is 112 Å². The second-order valence-electron chi connectivity index (χ2n) is 7.23. The van der Waals surface area contributed by atoms with Crippen molar-refractivity contribution in [2.45, 2.75) is 57.3 Å². The van der Waals surface area contributed by atoms with Gasteiger partial charge in [0, 0.05) is 6.42 Å². The van der Waals surface area contributed by atoms with Crippen molar-refractivity contribution in [1.29, 1.82) is 0 Å². The molecule has 0 unspecified atom stereocenters. The third kappa shape index (κ3) is 1.05. The molecule has 1 saturated heterocycles. The monoisotopic (exact) mass is 264 g/mol. The molecule has 2 spiro atoms. The van der Waals surface area contributed by atoms with Crippen molar-refractivity contribution in [3.05, 3.63) is 11.1 Å². The van der Waals surface area contributed by atoms with E-state index < -0.39 is 5.60 Å². The summed E-state index contributed by atoms with van der Waals surface area (Å²) in [6.07, 6.45) is 2.84. The smallest absolute Gasteiger partial charge is 0.337 e. The van der Waals surface area contributed by atoms with Gasteiger partial charge in [0.05, 0.1) is 18.3 Å². The Morgan fingerprint density at radius 2 is 2.16 bits per heavy atom. The fourth-order valence-corrected chi connectivity index (χ4v) is 5.05. The molecule has 4 nitrogen and oxygen atoms in total. The fraction of sp³-hybridized carbons (Fsp3) is 0.800. The van der Waals surface area contributed by atoms with Gasteiger partial charge in [-0.05, 0) is 29.7 Å². The molecular weight excluding hydrogens is 244 g/mol. The zero-order valence-electron chi connectivity index (χ0n) is 11.7. The van der Waals surface area contributed by atoms with Gasteiger partial charge in [-0.15, -0.1) is 0 Å². The van der Waals surface area contributed by atoms with Gasteiger partial charge < -0.3 is 14.6 Å². The van der Waals surface area contributed by atoms with Crippen molar-refractivity contribution >= 4 is 5.97 Å². The van der Waals surface area contributed by atoms with Gasteiger partial charge in [0.2, 0.25) is 0 Å². The Morgan fingerprint density at radius 1 is 1.42 bits per heavy atom. The first-order valence-electron chi connectivity index (χ1n) is 7.13. The third-order valence-electron chi connectivity index (χ3n) is 5.77. The standard InChI is InChI=1S/C15H20O4/c1-8-4-5-10-9(6-16)11(17)18-14(10)7-13(2,3)12-15(8,14)19-12/h8,12,16H,4-7H2,1-3H3/t8-,12+,14+,15+/m0/s1. The molecule has 0 aromatic rings. The molecule has 104 valence electrons. The molecule has 0 radical (unpaired) electrons. The molecule has 4 rings (SSSR count). The van der Waals surface area contributed by atoms with Crippen LogP contribution in [0.25, 0.3) is 0 Å². The molecule has 19 heavy (non-hydrogen) atoms. The number of esters is 1. The lowest BCUT2D eigenvalue weighted by Gasteiger charge is -2.42. The second-order valence-corrected chi connectivity index (χ2v) is 7.23. The van der Waals surface area contributed by atoms with Crippen LogP contribution < -0.4 is 0 Å². The number of aliphatic hydroxyl groups is 1. The topological polar surface area (TPSA) is 59.1 Å². The van der Waals surface area contributed by atoms with Crippen molar-refractivity contribution < 1.29 is 19.4 Å². The van der Waals surface area contributed by atoms with Gasteiger partial charge >= 0.3 is 5.97 Å². The largest absolute Gasteiger partial charge is 0.448 e. The van der Waals surface area contributed by atoms with Gasteiger partial charge in [-0.1, -0.05) is 20.8 Å². The van der Waals surface area contributed by atoms with E-state index >= 15 is 0 Å². The minimum absolute atomic E-state index is 0.0229. The maximum absolute atomic E-state index is 12.1. The zero-order chi connectivity index (χ0) is 13.6. The first-order chi connectivity index (χ1) is 8.89. The number of hydrogen-bond acceptors (Lipinski definition) is 4. The number of carbonyl (C=O) groups is 1. The molecule has 4 aliphatic rings. The summed E-state index contributed by atoms with van der Waals surface area (Å²) >= 11 is 0. The first kappa shape index (κ1) is 11.9. The average Bonchev–Trinajstić information content (AvgIpc) is 2.98. The van der Waals surface area contributed by atoms with E-state index in [1.807, 2.05) is 0 Å². The fourth-order valence-electron chi connectivity index (χ4n) is 5.05. The van der Waals surface area contributed by atoms with Crippen molar-refractivity contribution in [2.24, 2.45) is 11.3 Å². The van der Waals surface area contributed by atoms with E-state index in [0.29, 0.717) is 11.5 Å². The Balaban J connectivity index is 1.93. The normalized spacial score (nSPS) is 49.6. The number of aliphatic hydroxyl groups excluding tert-OH is 1. The maximum atomic E-state index is 12.1. The van der Waals surface area contributed by atoms with Crippen LogP contribution in [0, 0.1) is 11.3 Å². The van der Waals surface area contributed by atoms with Crippen LogP contribution in [0.3, 0.4) is 0 Å². The van der Waals surface area contributed by atoms with Gasteiger partial charge in [-0.2, -0.15) is 0 Å². The predicted octanol–water partition coefficient (Wildman–Crippen LogP) is 1.57. The lowest BCUT2D eigenvalue weighted by atomic mass is 9.67. The van der Waals surface area contributed by atoms with E-state index in [2.05, 4.69) is 20.8 Å². The summed E-state index contributed by atoms with van der Waals surface area (Å²) < 4.78 is 12.0. The third-order valence-corrected chi connectivity index (χ3v) is 5.77. The molecule has 2 heterocycles. The molecule has 0 aromatic carbocycles. The Bertz CT molecular complexity index is 520. The van der Waals surface area contributed by atoms with E-state index in [-0.39, 0.29) is 29.7 Å². The van der Waals surface area contributed by atoms with E-state index in [4.69, 9.17) is 9.47 Å². The van der Waals surface area contributed by atoms with E-state index in [0.717, 1.165) is 24.8 Å². The van der Waals surface area contributed by atoms with Crippen molar-refractivity contribution in [3.63, 3.8) is 0 Å². The lowest BCUT2D eigenvalue weighted by Crippen LogP contribution is -2.52. The molecule has 3 fully saturated rings. The van der Waals surface area contributed by atoms with Crippen LogP contribution in [-0.2, 0) is 14.3 Å². The predicted molar refractivity (Wildman–Crippen MR) is 67.3 cm³/mol. The molecule has 0 bridgehead atoms. The lowest BCUT2D eigenvalue weighted by molar-refractivity contribution is -0.159. The molecule has 2 saturated carbocycles. The number of epoxide rings is 1. The number of rotatable bonds is 1. The molecular formula is C15H20O4. The van der Waals surface area contributed by atoms with Crippen LogP contribution in [0.4, 0.5) is 0 Å². The minimum Gasteiger partial charge on any atom is -0.448 e. The van der Waals surface area contributed by atoms with Gasteiger partial charge in [0.15, 0.2) is 5.60 Å². The SMILES string of the molecule is C[C@H]1CCC2=C(CO)C(=O)O[C@]23CC(C)(C)[C@H]2O[C@@]213. The van der Waals surface area contributed by atoms with Gasteiger partial charge in [0.25, 0.3) is 0 Å². The Kier molecular flexibility index (Phi) is 1.92. The first-order valence-corrected chi connectivity index (χ1v) is 7.13. The molecule has 1 N–H and O–H groups in total. The van der Waals surface area contributed by atoms with Crippen LogP contribution in [0.15, 0.2) is 11.1 Å². The number of carbonyl (C=O) groups excluding carboxylic acids is 1. The zero-order valence-corrected chi connectivity index (χ0v) is 11.7. The summed E-state index contributed by atoms with van der Waals surface area (Å²) in [7, 11) is 0. The Morgan fingerprint density at radius 3 is 2.79 bits per heavy atom. The van der Waals surface area contributed by atoms with E-state index in [1.54, 1.807) is 0 Å². The highest BCUT2D eigenvalue weighted by atomic mass is 16.7. The van der Waals surface area contributed by atoms with E-state index in [1.165, 1.54) is 0 Å². The molecule has 0 amide bonds. The molecule has 4 atom stereocenters. The van der Waals surface area contributed by atoms with Crippen LogP contribution in [0.5, 0.6) is 0 Å². The van der Waals surface area contributed by atoms with Crippen LogP contribution in [0.2, 0.25) is 0 Å². The highest BCUT2D eigenvalue weighted by Gasteiger charge is 2.85. The highest BCUT2D eigenvalue weighted by Crippen LogP contribution is 2.74. The summed E-state index contributed by atoms with van der Waals surface area (Å²) in [4.78, 5) is 12.1. The summed E-state index contributed by atoms with van der Waals surface area (Å²) in [5.41, 5.74) is 0.615. The molecule has 4 heteroatoms. The summed E-state index contributed by atoms with van der Waals surface area (Å²) in [6.45, 7) is 6.36. The quantitative estimate of drug-likeness (QED) is 0.577. The van der Waals surface area contributed by atoms with Gasteiger partial charge in [0.1, 0.15) is 5.60 Å². The molecule has 2 aliphatic heterocycles. The highest BCUT2D eigenvalue weighted by molar-refractivity contribution is 5.94. The van der Waals surface area contributed by atoms with Gasteiger partial charge in [-0.3, -0.25) is 0 Å². The number of hydrogen-bond donors (Lipinski definition) is 1. The maximum Gasteiger partial charge on any atom is 0.337 e. The summed E-state index contributed by atoms with van der Waals surface area (Å²) in [5, 5.41) is 9.49. The van der Waals surface area contributed by atoms with Crippen molar-refractivity contribution in [2.75, 3.05) is 6.61 Å². The van der Waals surface area contributed by atoms with Crippen LogP contribution in [-0.4, -0.2) is 35.0 Å². The van der Waals surface area contributed by atoms with Crippen molar-refractivity contribution in [3.8, 4) is 0 Å². The van der Waals surface area contributed by atoms with Crippen LogP contribution in [0.1, 0.15) is 40.0 Å². The molecule has 2 aliphatic carbocycles. The van der Waals surface area contributed by atoms with E-state index in [9.17, 15) is 9.90 Å².